The van der Waals surface area contributed by atoms with Gasteiger partial charge in [-0.05, 0) is 32.3 Å². The van der Waals surface area contributed by atoms with E-state index in [1.807, 2.05) is 11.2 Å². The standard InChI is InChI=1S/C17H29N5O5S2/c1-4-29(25,26)20-14(5-10-28-3)17(24)22-8-6-21(7-9-22)12-16(23)18-15-11-13(2)27-19-15/h11,14,20H,4-10,12H2,1-3H3,(H,18,19,23). The molecule has 0 spiro atoms. The van der Waals surface area contributed by atoms with Crippen LogP contribution in [0.25, 0.3) is 0 Å². The summed E-state index contributed by atoms with van der Waals surface area (Å²) in [6, 6.07) is 0.887. The Labute approximate surface area is 175 Å². The van der Waals surface area contributed by atoms with Crippen molar-refractivity contribution >= 4 is 39.4 Å². The van der Waals surface area contributed by atoms with Crippen LogP contribution >= 0.6 is 11.8 Å². The number of carbonyl (C=O) groups is 2. The van der Waals surface area contributed by atoms with E-state index in [1.165, 1.54) is 0 Å². The number of sulfonamides is 1. The van der Waals surface area contributed by atoms with Crippen LogP contribution < -0.4 is 10.0 Å². The molecule has 0 aliphatic carbocycles. The van der Waals surface area contributed by atoms with E-state index in [0.29, 0.717) is 49.9 Å². The molecule has 1 aliphatic rings. The van der Waals surface area contributed by atoms with Gasteiger partial charge in [0.1, 0.15) is 11.8 Å². The number of carbonyl (C=O) groups excluding carboxylic acids is 2. The molecule has 0 bridgehead atoms. The fourth-order valence-corrected chi connectivity index (χ4v) is 4.22. The van der Waals surface area contributed by atoms with Gasteiger partial charge in [-0.15, -0.1) is 0 Å². The first-order valence-electron chi connectivity index (χ1n) is 9.47. The van der Waals surface area contributed by atoms with Gasteiger partial charge in [-0.25, -0.2) is 13.1 Å². The summed E-state index contributed by atoms with van der Waals surface area (Å²) in [6.45, 7) is 5.43. The molecular weight excluding hydrogens is 418 g/mol. The minimum atomic E-state index is -3.47. The van der Waals surface area contributed by atoms with Gasteiger partial charge < -0.3 is 14.7 Å². The Bertz CT molecular complexity index is 790. The first-order valence-corrected chi connectivity index (χ1v) is 12.5. The van der Waals surface area contributed by atoms with Crippen LogP contribution in [-0.2, 0) is 19.6 Å². The molecular formula is C17H29N5O5S2. The summed E-state index contributed by atoms with van der Waals surface area (Å²) in [5, 5.41) is 6.40. The van der Waals surface area contributed by atoms with Crippen molar-refractivity contribution in [1.82, 2.24) is 19.7 Å². The second kappa shape index (κ2) is 11.0. The van der Waals surface area contributed by atoms with E-state index in [-0.39, 0.29) is 24.1 Å². The molecule has 1 aromatic rings. The maximum Gasteiger partial charge on any atom is 0.240 e. The third-order valence-corrected chi connectivity index (χ3v) is 6.60. The number of nitrogens with one attached hydrogen (secondary N) is 2. The number of aryl methyl sites for hydroxylation is 1. The molecule has 1 saturated heterocycles. The topological polar surface area (TPSA) is 125 Å². The Kier molecular flexibility index (Phi) is 8.93. The average molecular weight is 448 g/mol. The average Bonchev–Trinajstić information content (AvgIpc) is 3.09. The fraction of sp³-hybridized carbons (Fsp3) is 0.706. The van der Waals surface area contributed by atoms with Crippen molar-refractivity contribution in [3.05, 3.63) is 11.8 Å². The van der Waals surface area contributed by atoms with Crippen molar-refractivity contribution < 1.29 is 22.5 Å². The predicted octanol–water partition coefficient (Wildman–Crippen LogP) is 0.127. The monoisotopic (exact) mass is 447 g/mol. The molecule has 2 rings (SSSR count). The van der Waals surface area contributed by atoms with Gasteiger partial charge >= 0.3 is 0 Å². The largest absolute Gasteiger partial charge is 0.360 e. The van der Waals surface area contributed by atoms with Crippen LogP contribution in [-0.4, -0.2) is 91.7 Å². The SMILES string of the molecule is CCS(=O)(=O)NC(CCSC)C(=O)N1CCN(CC(=O)Nc2cc(C)on2)CC1. The van der Waals surface area contributed by atoms with Gasteiger partial charge in [0.2, 0.25) is 21.8 Å². The molecule has 10 nitrogen and oxygen atoms in total. The summed E-state index contributed by atoms with van der Waals surface area (Å²) >= 11 is 1.57. The Hall–Kier alpha value is -1.63. The van der Waals surface area contributed by atoms with Gasteiger partial charge in [0.25, 0.3) is 0 Å². The summed E-state index contributed by atoms with van der Waals surface area (Å²) in [5.74, 6) is 1.20. The first kappa shape index (κ1) is 23.6. The number of amides is 2. The van der Waals surface area contributed by atoms with Crippen LogP contribution in [0.15, 0.2) is 10.6 Å². The fourth-order valence-electron chi connectivity index (χ4n) is 2.93. The Morgan fingerprint density at radius 1 is 1.31 bits per heavy atom. The molecule has 2 amide bonds. The Morgan fingerprint density at radius 3 is 2.55 bits per heavy atom. The number of aromatic nitrogens is 1. The van der Waals surface area contributed by atoms with Gasteiger partial charge in [-0.1, -0.05) is 5.16 Å². The number of thioether (sulfide) groups is 1. The van der Waals surface area contributed by atoms with Crippen LogP contribution in [0.5, 0.6) is 0 Å². The maximum atomic E-state index is 12.8. The third-order valence-electron chi connectivity index (χ3n) is 4.56. The van der Waals surface area contributed by atoms with E-state index in [1.54, 1.807) is 36.6 Å². The lowest BCUT2D eigenvalue weighted by atomic mass is 10.2. The summed E-state index contributed by atoms with van der Waals surface area (Å²) in [4.78, 5) is 28.6. The van der Waals surface area contributed by atoms with Crippen LogP contribution in [0.4, 0.5) is 5.82 Å². The van der Waals surface area contributed by atoms with Crippen molar-refractivity contribution in [1.29, 1.82) is 0 Å². The number of anilines is 1. The van der Waals surface area contributed by atoms with Crippen LogP contribution in [0, 0.1) is 6.92 Å². The third kappa shape index (κ3) is 7.61. The minimum Gasteiger partial charge on any atom is -0.360 e. The van der Waals surface area contributed by atoms with Gasteiger partial charge in [-0.3, -0.25) is 14.5 Å². The molecule has 1 aliphatic heterocycles. The summed E-state index contributed by atoms with van der Waals surface area (Å²) < 4.78 is 31.3. The molecule has 0 radical (unpaired) electrons. The molecule has 0 aromatic carbocycles. The molecule has 2 N–H and O–H groups in total. The van der Waals surface area contributed by atoms with E-state index in [4.69, 9.17) is 4.52 Å². The van der Waals surface area contributed by atoms with Gasteiger partial charge in [0.15, 0.2) is 5.82 Å². The van der Waals surface area contributed by atoms with Crippen molar-refractivity contribution in [3.8, 4) is 0 Å². The lowest BCUT2D eigenvalue weighted by Gasteiger charge is -2.36. The molecule has 1 aromatic heterocycles. The zero-order valence-electron chi connectivity index (χ0n) is 17.0. The quantitative estimate of drug-likeness (QED) is 0.518. The molecule has 29 heavy (non-hydrogen) atoms. The highest BCUT2D eigenvalue weighted by molar-refractivity contribution is 7.98. The van der Waals surface area contributed by atoms with Gasteiger partial charge in [0.05, 0.1) is 12.3 Å². The Balaban J connectivity index is 1.85. The lowest BCUT2D eigenvalue weighted by Crippen LogP contribution is -2.55. The number of piperazine rings is 1. The van der Waals surface area contributed by atoms with E-state index in [9.17, 15) is 18.0 Å². The predicted molar refractivity (Wildman–Crippen MR) is 112 cm³/mol. The minimum absolute atomic E-state index is 0.0655. The smallest absolute Gasteiger partial charge is 0.240 e. The molecule has 1 unspecified atom stereocenters. The molecule has 164 valence electrons. The zero-order valence-corrected chi connectivity index (χ0v) is 18.6. The highest BCUT2D eigenvalue weighted by Crippen LogP contribution is 2.11. The van der Waals surface area contributed by atoms with E-state index >= 15 is 0 Å². The number of nitrogens with zero attached hydrogens (tertiary/aromatic N) is 3. The van der Waals surface area contributed by atoms with Crippen molar-refractivity contribution in [3.63, 3.8) is 0 Å². The molecule has 2 heterocycles. The highest BCUT2D eigenvalue weighted by Gasteiger charge is 2.30. The summed E-state index contributed by atoms with van der Waals surface area (Å²) in [7, 11) is -3.47. The van der Waals surface area contributed by atoms with Crippen molar-refractivity contribution in [2.75, 3.05) is 55.8 Å². The second-order valence-corrected chi connectivity index (χ2v) is 9.86. The van der Waals surface area contributed by atoms with Crippen LogP contribution in [0.2, 0.25) is 0 Å². The zero-order chi connectivity index (χ0) is 21.4. The summed E-state index contributed by atoms with van der Waals surface area (Å²) in [6.07, 6.45) is 2.36. The number of hydrogen-bond donors (Lipinski definition) is 2. The highest BCUT2D eigenvalue weighted by atomic mass is 32.2. The summed E-state index contributed by atoms with van der Waals surface area (Å²) in [5.41, 5.74) is 0. The normalized spacial score (nSPS) is 16.6. The number of hydrogen-bond acceptors (Lipinski definition) is 8. The first-order chi connectivity index (χ1) is 13.7. The molecule has 0 saturated carbocycles. The second-order valence-electron chi connectivity index (χ2n) is 6.83. The molecule has 1 fully saturated rings. The van der Waals surface area contributed by atoms with Crippen LogP contribution in [0.3, 0.4) is 0 Å². The molecule has 12 heteroatoms. The van der Waals surface area contributed by atoms with Gasteiger partial charge in [0, 0.05) is 32.2 Å². The van der Waals surface area contributed by atoms with Crippen molar-refractivity contribution in [2.45, 2.75) is 26.3 Å². The van der Waals surface area contributed by atoms with Crippen LogP contribution in [0.1, 0.15) is 19.1 Å². The van der Waals surface area contributed by atoms with Crippen molar-refractivity contribution in [2.24, 2.45) is 0 Å². The Morgan fingerprint density at radius 2 is 2.00 bits per heavy atom. The lowest BCUT2D eigenvalue weighted by molar-refractivity contribution is -0.134. The molecule has 1 atom stereocenters. The van der Waals surface area contributed by atoms with E-state index < -0.39 is 16.1 Å². The van der Waals surface area contributed by atoms with Gasteiger partial charge in [-0.2, -0.15) is 11.8 Å². The van der Waals surface area contributed by atoms with E-state index in [0.717, 1.165) is 0 Å². The number of rotatable bonds is 10. The maximum absolute atomic E-state index is 12.8. The van der Waals surface area contributed by atoms with E-state index in [2.05, 4.69) is 15.2 Å².